The van der Waals surface area contributed by atoms with Crippen molar-refractivity contribution < 1.29 is 25.2 Å². The Morgan fingerprint density at radius 3 is 2.38 bits per heavy atom. The summed E-state index contributed by atoms with van der Waals surface area (Å²) in [6, 6.07) is 0. The molecule has 0 radical (unpaired) electrons. The first kappa shape index (κ1) is 13.8. The molecule has 0 spiro atoms. The van der Waals surface area contributed by atoms with Gasteiger partial charge in [0.25, 0.3) is 0 Å². The summed E-state index contributed by atoms with van der Waals surface area (Å²) in [5.74, 6) is 0. The van der Waals surface area contributed by atoms with Crippen LogP contribution in [0.3, 0.4) is 0 Å². The molecule has 6 nitrogen and oxygen atoms in total. The fourth-order valence-electron chi connectivity index (χ4n) is 1.77. The molecule has 0 bridgehead atoms. The van der Waals surface area contributed by atoms with Gasteiger partial charge in [-0.2, -0.15) is 0 Å². The number of hydrogen-bond acceptors (Lipinski definition) is 6. The molecule has 5 atom stereocenters. The third-order valence-corrected chi connectivity index (χ3v) is 2.78. The van der Waals surface area contributed by atoms with Crippen LogP contribution < -0.4 is 5.32 Å². The third-order valence-electron chi connectivity index (χ3n) is 2.78. The Hall–Kier alpha value is -0.240. The molecule has 16 heavy (non-hydrogen) atoms. The normalized spacial score (nSPS) is 39.9. The fourth-order valence-corrected chi connectivity index (χ4v) is 1.77. The van der Waals surface area contributed by atoms with E-state index in [9.17, 15) is 20.4 Å². The first-order valence-electron chi connectivity index (χ1n) is 5.66. The van der Waals surface area contributed by atoms with Crippen LogP contribution in [-0.2, 0) is 4.74 Å². The summed E-state index contributed by atoms with van der Waals surface area (Å²) >= 11 is 0. The second kappa shape index (κ2) is 6.48. The highest BCUT2D eigenvalue weighted by atomic mass is 16.6. The Labute approximate surface area is 94.9 Å². The van der Waals surface area contributed by atoms with Crippen LogP contribution in [0.25, 0.3) is 0 Å². The lowest BCUT2D eigenvalue weighted by Crippen LogP contribution is -2.57. The van der Waals surface area contributed by atoms with Gasteiger partial charge in [0.05, 0.1) is 6.10 Å². The lowest BCUT2D eigenvalue weighted by Gasteiger charge is -2.38. The summed E-state index contributed by atoms with van der Waals surface area (Å²) in [7, 11) is 0. The van der Waals surface area contributed by atoms with Gasteiger partial charge in [0.15, 0.2) is 6.29 Å². The lowest BCUT2D eigenvalue weighted by molar-refractivity contribution is -0.282. The molecule has 1 heterocycles. The minimum absolute atomic E-state index is 0.523. The van der Waals surface area contributed by atoms with Crippen LogP contribution in [0.4, 0.5) is 0 Å². The largest absolute Gasteiger partial charge is 0.388 e. The molecule has 1 saturated heterocycles. The molecule has 0 aromatic carbocycles. The highest BCUT2D eigenvalue weighted by Crippen LogP contribution is 2.22. The zero-order chi connectivity index (χ0) is 12.1. The first-order chi connectivity index (χ1) is 7.57. The van der Waals surface area contributed by atoms with Crippen molar-refractivity contribution in [2.45, 2.75) is 50.5 Å². The maximum Gasteiger partial charge on any atom is 0.183 e. The Bertz CT molecular complexity index is 204. The number of ether oxygens (including phenoxy) is 1. The average molecular weight is 235 g/mol. The molecule has 1 fully saturated rings. The second-order valence-corrected chi connectivity index (χ2v) is 4.03. The number of aliphatic hydroxyl groups excluding tert-OH is 4. The van der Waals surface area contributed by atoms with E-state index in [2.05, 4.69) is 5.32 Å². The monoisotopic (exact) mass is 235 g/mol. The highest BCUT2D eigenvalue weighted by Gasteiger charge is 2.42. The van der Waals surface area contributed by atoms with Crippen LogP contribution in [0.2, 0.25) is 0 Å². The van der Waals surface area contributed by atoms with Crippen LogP contribution in [0.5, 0.6) is 0 Å². The Morgan fingerprint density at radius 2 is 1.75 bits per heavy atom. The first-order valence-corrected chi connectivity index (χ1v) is 5.66. The summed E-state index contributed by atoms with van der Waals surface area (Å²) in [5, 5.41) is 40.7. The van der Waals surface area contributed by atoms with Crippen LogP contribution in [0, 0.1) is 0 Å². The topological polar surface area (TPSA) is 102 Å². The van der Waals surface area contributed by atoms with E-state index >= 15 is 0 Å². The Kier molecular flexibility index (Phi) is 5.60. The SMILES string of the molecule is CCNCCC[C@H]1OC(O)[C@H](O)[C@@H](O)[C@@H]1O. The van der Waals surface area contributed by atoms with Crippen LogP contribution in [0.15, 0.2) is 0 Å². The molecule has 1 rings (SSSR count). The van der Waals surface area contributed by atoms with Gasteiger partial charge in [-0.05, 0) is 25.9 Å². The smallest absolute Gasteiger partial charge is 0.183 e. The maximum absolute atomic E-state index is 9.62. The van der Waals surface area contributed by atoms with Gasteiger partial charge in [-0.1, -0.05) is 6.92 Å². The average Bonchev–Trinajstić information content (AvgIpc) is 2.28. The standard InChI is InChI=1S/C10H21NO5/c1-2-11-5-3-4-6-7(12)8(13)9(14)10(15)16-6/h6-15H,2-5H2,1H3/t6-,7-,8+,9-,10?/m1/s1. The molecule has 0 aromatic rings. The van der Waals surface area contributed by atoms with Crippen LogP contribution in [0.1, 0.15) is 19.8 Å². The summed E-state index contributed by atoms with van der Waals surface area (Å²) in [4.78, 5) is 0. The van der Waals surface area contributed by atoms with Crippen molar-refractivity contribution in [2.24, 2.45) is 0 Å². The second-order valence-electron chi connectivity index (χ2n) is 4.03. The van der Waals surface area contributed by atoms with Gasteiger partial charge in [0.2, 0.25) is 0 Å². The highest BCUT2D eigenvalue weighted by molar-refractivity contribution is 4.88. The third kappa shape index (κ3) is 3.38. The van der Waals surface area contributed by atoms with Gasteiger partial charge in [-0.15, -0.1) is 0 Å². The molecule has 1 aliphatic heterocycles. The van der Waals surface area contributed by atoms with E-state index in [-0.39, 0.29) is 0 Å². The van der Waals surface area contributed by atoms with Gasteiger partial charge in [0, 0.05) is 0 Å². The molecule has 0 aromatic heterocycles. The Morgan fingerprint density at radius 1 is 1.06 bits per heavy atom. The quantitative estimate of drug-likeness (QED) is 0.359. The van der Waals surface area contributed by atoms with Crippen molar-refractivity contribution in [3.8, 4) is 0 Å². The molecular weight excluding hydrogens is 214 g/mol. The predicted octanol–water partition coefficient (Wildman–Crippen LogP) is -1.82. The van der Waals surface area contributed by atoms with Gasteiger partial charge in [0.1, 0.15) is 18.3 Å². The van der Waals surface area contributed by atoms with E-state index in [1.54, 1.807) is 0 Å². The number of rotatable bonds is 5. The van der Waals surface area contributed by atoms with Crippen molar-refractivity contribution in [1.82, 2.24) is 5.32 Å². The zero-order valence-electron chi connectivity index (χ0n) is 9.41. The molecule has 1 unspecified atom stereocenters. The summed E-state index contributed by atoms with van der Waals surface area (Å²) < 4.78 is 5.03. The van der Waals surface area contributed by atoms with E-state index in [0.717, 1.165) is 19.5 Å². The molecular formula is C10H21NO5. The molecule has 0 saturated carbocycles. The summed E-state index contributed by atoms with van der Waals surface area (Å²) in [6.07, 6.45) is -4.72. The maximum atomic E-state index is 9.62. The summed E-state index contributed by atoms with van der Waals surface area (Å²) in [6.45, 7) is 3.66. The molecule has 96 valence electrons. The van der Waals surface area contributed by atoms with E-state index in [1.165, 1.54) is 0 Å². The van der Waals surface area contributed by atoms with Crippen molar-refractivity contribution in [1.29, 1.82) is 0 Å². The van der Waals surface area contributed by atoms with Gasteiger partial charge < -0.3 is 30.5 Å². The predicted molar refractivity (Wildman–Crippen MR) is 56.7 cm³/mol. The van der Waals surface area contributed by atoms with E-state index < -0.39 is 30.7 Å². The van der Waals surface area contributed by atoms with Crippen molar-refractivity contribution in [3.63, 3.8) is 0 Å². The van der Waals surface area contributed by atoms with Gasteiger partial charge in [-0.3, -0.25) is 0 Å². The fraction of sp³-hybridized carbons (Fsp3) is 1.00. The number of hydrogen-bond donors (Lipinski definition) is 5. The molecule has 5 N–H and O–H groups in total. The Balaban J connectivity index is 2.35. The minimum atomic E-state index is -1.44. The van der Waals surface area contributed by atoms with E-state index in [0.29, 0.717) is 6.42 Å². The van der Waals surface area contributed by atoms with Gasteiger partial charge in [-0.25, -0.2) is 0 Å². The van der Waals surface area contributed by atoms with Gasteiger partial charge >= 0.3 is 0 Å². The van der Waals surface area contributed by atoms with Crippen molar-refractivity contribution in [3.05, 3.63) is 0 Å². The van der Waals surface area contributed by atoms with E-state index in [4.69, 9.17) is 4.74 Å². The molecule has 1 aliphatic rings. The summed E-state index contributed by atoms with van der Waals surface area (Å²) in [5.41, 5.74) is 0. The van der Waals surface area contributed by atoms with Crippen molar-refractivity contribution in [2.75, 3.05) is 13.1 Å². The van der Waals surface area contributed by atoms with Crippen molar-refractivity contribution >= 4 is 0 Å². The molecule has 0 amide bonds. The lowest BCUT2D eigenvalue weighted by atomic mass is 9.96. The minimum Gasteiger partial charge on any atom is -0.388 e. The number of nitrogens with one attached hydrogen (secondary N) is 1. The van der Waals surface area contributed by atoms with Crippen LogP contribution >= 0.6 is 0 Å². The molecule has 0 aliphatic carbocycles. The van der Waals surface area contributed by atoms with E-state index in [1.807, 2.05) is 6.92 Å². The number of aliphatic hydroxyl groups is 4. The zero-order valence-corrected chi connectivity index (χ0v) is 9.41. The van der Waals surface area contributed by atoms with Crippen LogP contribution in [-0.4, -0.2) is 64.2 Å². The molecule has 6 heteroatoms.